The van der Waals surface area contributed by atoms with E-state index in [4.69, 9.17) is 9.47 Å². The third-order valence-corrected chi connectivity index (χ3v) is 7.76. The Morgan fingerprint density at radius 2 is 2.18 bits per heavy atom. The molecule has 3 aromatic heterocycles. The molecule has 0 radical (unpaired) electrons. The summed E-state index contributed by atoms with van der Waals surface area (Å²) < 4.78 is 11.4. The van der Waals surface area contributed by atoms with Crippen molar-refractivity contribution in [3.63, 3.8) is 0 Å². The summed E-state index contributed by atoms with van der Waals surface area (Å²) in [7, 11) is 1.60. The number of anilines is 1. The fourth-order valence-corrected chi connectivity index (χ4v) is 5.79. The number of thiophene rings is 1. The molecule has 0 spiro atoms. The lowest BCUT2D eigenvalue weighted by molar-refractivity contribution is 0.0658. The highest BCUT2D eigenvalue weighted by Gasteiger charge is 2.32. The van der Waals surface area contributed by atoms with Gasteiger partial charge in [0.1, 0.15) is 18.2 Å². The third kappa shape index (κ3) is 4.31. The molecule has 1 saturated carbocycles. The number of rotatable bonds is 6. The molecule has 0 aromatic carbocycles. The molecular weight excluding hydrogens is 452 g/mol. The van der Waals surface area contributed by atoms with Gasteiger partial charge in [0.05, 0.1) is 36.0 Å². The Morgan fingerprint density at radius 3 is 2.94 bits per heavy atom. The lowest BCUT2D eigenvalue weighted by Crippen LogP contribution is -2.20. The Morgan fingerprint density at radius 1 is 1.32 bits per heavy atom. The first-order valence-electron chi connectivity index (χ1n) is 11.5. The topological polar surface area (TPSA) is 106 Å². The number of aryl methyl sites for hydroxylation is 1. The minimum Gasteiger partial charge on any atom is -0.481 e. The first-order chi connectivity index (χ1) is 16.4. The number of ether oxygens (including phenoxy) is 2. The van der Waals surface area contributed by atoms with E-state index in [1.54, 1.807) is 13.3 Å². The normalized spacial score (nSPS) is 24.0. The van der Waals surface area contributed by atoms with Gasteiger partial charge in [-0.05, 0) is 43.7 Å². The van der Waals surface area contributed by atoms with E-state index < -0.39 is 0 Å². The van der Waals surface area contributed by atoms with Crippen molar-refractivity contribution in [3.05, 3.63) is 62.9 Å². The lowest BCUT2D eigenvalue weighted by atomic mass is 9.97. The van der Waals surface area contributed by atoms with Crippen LogP contribution in [-0.2, 0) is 11.2 Å². The zero-order valence-electron chi connectivity index (χ0n) is 19.4. The number of carbonyl (C=O) groups excluding carboxylic acids is 1. The molecule has 0 saturated heterocycles. The Bertz CT molecular complexity index is 1200. The first kappa shape index (κ1) is 22.9. The van der Waals surface area contributed by atoms with Gasteiger partial charge in [0.2, 0.25) is 11.7 Å². The van der Waals surface area contributed by atoms with Crippen LogP contribution in [0, 0.1) is 12.8 Å². The Balaban J connectivity index is 1.43. The summed E-state index contributed by atoms with van der Waals surface area (Å²) in [6.07, 6.45) is 4.56. The molecule has 9 heteroatoms. The maximum absolute atomic E-state index is 13.5. The number of hydrogen-bond donors (Lipinski definition) is 2. The van der Waals surface area contributed by atoms with Crippen LogP contribution in [0.15, 0.2) is 30.7 Å². The van der Waals surface area contributed by atoms with Gasteiger partial charge in [0.25, 0.3) is 0 Å². The van der Waals surface area contributed by atoms with Crippen molar-refractivity contribution >= 4 is 22.9 Å². The van der Waals surface area contributed by atoms with Crippen LogP contribution in [0.2, 0.25) is 0 Å². The molecular formula is C25H28N4O4S. The molecule has 34 heavy (non-hydrogen) atoms. The van der Waals surface area contributed by atoms with Gasteiger partial charge in [-0.3, -0.25) is 4.79 Å². The maximum Gasteiger partial charge on any atom is 0.213 e. The summed E-state index contributed by atoms with van der Waals surface area (Å²) >= 11 is 1.44. The number of nitrogens with zero attached hydrogens (tertiary/aromatic N) is 3. The molecule has 0 bridgehead atoms. The Kier molecular flexibility index (Phi) is 6.33. The number of ketones is 1. The van der Waals surface area contributed by atoms with E-state index >= 15 is 0 Å². The molecule has 3 aromatic rings. The van der Waals surface area contributed by atoms with E-state index in [-0.39, 0.29) is 30.0 Å². The molecule has 4 heterocycles. The average molecular weight is 481 g/mol. The number of methoxy groups -OCH3 is 1. The molecule has 1 aliphatic heterocycles. The number of pyridine rings is 1. The van der Waals surface area contributed by atoms with Gasteiger partial charge in [0, 0.05) is 28.7 Å². The lowest BCUT2D eigenvalue weighted by Gasteiger charge is -2.25. The van der Waals surface area contributed by atoms with Crippen molar-refractivity contribution in [2.24, 2.45) is 5.92 Å². The van der Waals surface area contributed by atoms with Crippen molar-refractivity contribution in [2.45, 2.75) is 51.4 Å². The Labute approximate surface area is 202 Å². The highest BCUT2D eigenvalue weighted by Crippen LogP contribution is 2.38. The van der Waals surface area contributed by atoms with Crippen LogP contribution in [0.4, 0.5) is 5.82 Å². The van der Waals surface area contributed by atoms with Gasteiger partial charge in [0.15, 0.2) is 0 Å². The summed E-state index contributed by atoms with van der Waals surface area (Å²) in [6.45, 7) is 4.62. The van der Waals surface area contributed by atoms with Crippen molar-refractivity contribution in [1.29, 1.82) is 0 Å². The summed E-state index contributed by atoms with van der Waals surface area (Å²) in [6, 6.07) is 5.87. The van der Waals surface area contributed by atoms with E-state index in [1.807, 2.05) is 32.0 Å². The zero-order valence-corrected chi connectivity index (χ0v) is 20.3. The summed E-state index contributed by atoms with van der Waals surface area (Å²) in [5.74, 6) is 1.13. The SMILES string of the molecule is COc1ccc2c(n1)[C@H](c1cc(C(=O)c3cncnc3N[C@@H]3C[C@@H](C)[C@@H](O)C3)sc1C)OCC2. The second kappa shape index (κ2) is 9.40. The van der Waals surface area contributed by atoms with Crippen molar-refractivity contribution in [1.82, 2.24) is 15.0 Å². The average Bonchev–Trinajstić information content (AvgIpc) is 3.39. The Hall–Kier alpha value is -2.88. The first-order valence-corrected chi connectivity index (χ1v) is 12.3. The minimum absolute atomic E-state index is 0.0697. The highest BCUT2D eigenvalue weighted by molar-refractivity contribution is 7.14. The van der Waals surface area contributed by atoms with Gasteiger partial charge in [-0.25, -0.2) is 15.0 Å². The van der Waals surface area contributed by atoms with E-state index in [1.165, 1.54) is 17.7 Å². The summed E-state index contributed by atoms with van der Waals surface area (Å²) in [4.78, 5) is 28.2. The van der Waals surface area contributed by atoms with Crippen LogP contribution in [0.3, 0.4) is 0 Å². The van der Waals surface area contributed by atoms with Crippen molar-refractivity contribution in [2.75, 3.05) is 19.0 Å². The van der Waals surface area contributed by atoms with E-state index in [9.17, 15) is 9.90 Å². The number of fused-ring (bicyclic) bond motifs is 1. The maximum atomic E-state index is 13.5. The number of aliphatic hydroxyl groups excluding tert-OH is 1. The van der Waals surface area contributed by atoms with Crippen LogP contribution < -0.4 is 10.1 Å². The summed E-state index contributed by atoms with van der Waals surface area (Å²) in [5.41, 5.74) is 3.33. The van der Waals surface area contributed by atoms with Gasteiger partial charge in [-0.2, -0.15) is 0 Å². The molecule has 1 aliphatic carbocycles. The third-order valence-electron chi connectivity index (χ3n) is 6.70. The number of aromatic nitrogens is 3. The predicted octanol–water partition coefficient (Wildman–Crippen LogP) is 3.71. The second-order valence-corrected chi connectivity index (χ2v) is 10.2. The van der Waals surface area contributed by atoms with Crippen LogP contribution in [0.5, 0.6) is 5.88 Å². The zero-order chi connectivity index (χ0) is 23.8. The van der Waals surface area contributed by atoms with Gasteiger partial charge >= 0.3 is 0 Å². The van der Waals surface area contributed by atoms with Gasteiger partial charge in [-0.15, -0.1) is 11.3 Å². The fourth-order valence-electron chi connectivity index (χ4n) is 4.79. The van der Waals surface area contributed by atoms with Crippen molar-refractivity contribution in [3.8, 4) is 5.88 Å². The molecule has 1 fully saturated rings. The van der Waals surface area contributed by atoms with Crippen LogP contribution in [-0.4, -0.2) is 51.7 Å². The largest absolute Gasteiger partial charge is 0.481 e. The van der Waals surface area contributed by atoms with Gasteiger partial charge < -0.3 is 19.9 Å². The molecule has 5 rings (SSSR count). The fraction of sp³-hybridized carbons (Fsp3) is 0.440. The van der Waals surface area contributed by atoms with E-state index in [0.717, 1.165) is 34.5 Å². The molecule has 2 aliphatic rings. The van der Waals surface area contributed by atoms with E-state index in [2.05, 4.69) is 20.3 Å². The second-order valence-electron chi connectivity index (χ2n) is 8.99. The predicted molar refractivity (Wildman–Crippen MR) is 129 cm³/mol. The molecule has 0 amide bonds. The van der Waals surface area contributed by atoms with Gasteiger partial charge in [-0.1, -0.05) is 13.0 Å². The molecule has 0 unspecified atom stereocenters. The number of hydrogen-bond acceptors (Lipinski definition) is 9. The minimum atomic E-state index is -0.345. The highest BCUT2D eigenvalue weighted by atomic mass is 32.1. The van der Waals surface area contributed by atoms with E-state index in [0.29, 0.717) is 35.2 Å². The standard InChI is InChI=1S/C25H28N4O4S/c1-13-8-16(9-19(13)30)28-25-18(11-26-12-27-25)23(31)20-10-17(14(2)34-20)24-22-15(6-7-33-24)4-5-21(29-22)32-3/h4-5,10-13,16,19,24,30H,6-9H2,1-3H3,(H,26,27,28)/t13-,16-,19+,24+/m1/s1. The summed E-state index contributed by atoms with van der Waals surface area (Å²) in [5, 5.41) is 13.5. The number of carbonyl (C=O) groups is 1. The monoisotopic (exact) mass is 480 g/mol. The quantitative estimate of drug-likeness (QED) is 0.514. The van der Waals surface area contributed by atoms with Crippen LogP contribution in [0.25, 0.3) is 0 Å². The van der Waals surface area contributed by atoms with Crippen LogP contribution in [0.1, 0.15) is 62.8 Å². The smallest absolute Gasteiger partial charge is 0.213 e. The molecule has 2 N–H and O–H groups in total. The molecule has 178 valence electrons. The number of aliphatic hydroxyl groups is 1. The molecule has 4 atom stereocenters. The number of nitrogens with one attached hydrogen (secondary N) is 1. The van der Waals surface area contributed by atoms with Crippen LogP contribution >= 0.6 is 11.3 Å². The van der Waals surface area contributed by atoms with Crippen molar-refractivity contribution < 1.29 is 19.4 Å². The molecule has 8 nitrogen and oxygen atoms in total.